The van der Waals surface area contributed by atoms with Gasteiger partial charge in [0.15, 0.2) is 0 Å². The van der Waals surface area contributed by atoms with Crippen LogP contribution >= 0.6 is 0 Å². The highest BCUT2D eigenvalue weighted by Gasteiger charge is 2.39. The molecule has 1 aromatic rings. The topological polar surface area (TPSA) is 621 Å². The van der Waals surface area contributed by atoms with Crippen LogP contribution in [-0.2, 0) is 78.3 Å². The van der Waals surface area contributed by atoms with Gasteiger partial charge in [-0.05, 0) is 121 Å². The number of nitrogens with zero attached hydrogens (tertiary/aromatic N) is 1. The minimum atomic E-state index is -1.75. The number of H-pyrrole nitrogens is 1. The van der Waals surface area contributed by atoms with Crippen LogP contribution in [0.4, 0.5) is 4.79 Å². The average molecular weight is 1550 g/mol. The largest absolute Gasteiger partial charge is 0.480 e. The summed E-state index contributed by atoms with van der Waals surface area (Å²) < 4.78 is 0. The number of carbonyl (C=O) groups excluding carboxylic acids is 15. The molecular weight excluding hydrogens is 1420 g/mol. The Morgan fingerprint density at radius 1 is 0.431 bits per heavy atom. The van der Waals surface area contributed by atoms with Crippen molar-refractivity contribution in [1.29, 1.82) is 0 Å². The number of carbonyl (C=O) groups is 16. The third-order valence-corrected chi connectivity index (χ3v) is 17.3. The molecule has 1 heterocycles. The van der Waals surface area contributed by atoms with E-state index in [-0.39, 0.29) is 62.8 Å². The third kappa shape index (κ3) is 37.8. The first-order chi connectivity index (χ1) is 50.9. The van der Waals surface area contributed by atoms with Crippen molar-refractivity contribution in [1.82, 2.24) is 89.7 Å². The van der Waals surface area contributed by atoms with E-state index in [4.69, 9.17) is 17.2 Å². The fourth-order valence-corrected chi connectivity index (χ4v) is 10.8. The van der Waals surface area contributed by atoms with Crippen molar-refractivity contribution >= 4 is 94.7 Å². The highest BCUT2D eigenvalue weighted by Crippen LogP contribution is 2.15. The van der Waals surface area contributed by atoms with E-state index in [0.717, 1.165) is 0 Å². The van der Waals surface area contributed by atoms with E-state index in [1.807, 2.05) is 0 Å². The van der Waals surface area contributed by atoms with Crippen LogP contribution in [0.3, 0.4) is 0 Å². The van der Waals surface area contributed by atoms with Crippen LogP contribution in [-0.4, -0.2) is 237 Å². The van der Waals surface area contributed by atoms with E-state index in [2.05, 4.69) is 89.7 Å². The fourth-order valence-electron chi connectivity index (χ4n) is 10.8. The van der Waals surface area contributed by atoms with Gasteiger partial charge in [0.1, 0.15) is 66.5 Å². The van der Waals surface area contributed by atoms with E-state index in [1.165, 1.54) is 33.3 Å². The molecule has 618 valence electrons. The molecule has 0 radical (unpaired) electrons. The molecule has 0 aromatic carbocycles. The van der Waals surface area contributed by atoms with Crippen LogP contribution in [0.5, 0.6) is 0 Å². The zero-order chi connectivity index (χ0) is 83.1. The van der Waals surface area contributed by atoms with E-state index in [0.29, 0.717) is 44.3 Å². The maximum Gasteiger partial charge on any atom is 0.326 e. The number of hydrogen-bond acceptors (Lipinski definition) is 21. The molecule has 15 atom stereocenters. The van der Waals surface area contributed by atoms with Gasteiger partial charge in [0.2, 0.25) is 82.7 Å². The number of aromatic amines is 1. The zero-order valence-electron chi connectivity index (χ0n) is 65.6. The summed E-state index contributed by atoms with van der Waals surface area (Å²) in [6.07, 6.45) is 2.19. The molecule has 0 fully saturated rings. The number of nitrogens with two attached hydrogens (primary N) is 3. The van der Waals surface area contributed by atoms with Crippen molar-refractivity contribution in [2.75, 3.05) is 32.7 Å². The summed E-state index contributed by atoms with van der Waals surface area (Å²) in [6, 6.07) is -17.0. The first-order valence-electron chi connectivity index (χ1n) is 37.1. The summed E-state index contributed by atoms with van der Waals surface area (Å²) in [6.45, 7) is 22.4. The summed E-state index contributed by atoms with van der Waals surface area (Å²) in [5, 5.41) is 68.7. The quantitative estimate of drug-likeness (QED) is 0.0273. The monoisotopic (exact) mass is 1550 g/mol. The number of aliphatic hydroxyl groups excluding tert-OH is 2. The lowest BCUT2D eigenvalue weighted by molar-refractivity contribution is -0.142. The first kappa shape index (κ1) is 97.4. The molecule has 0 spiro atoms. The Hall–Kier alpha value is -9.63. The van der Waals surface area contributed by atoms with Gasteiger partial charge in [0.25, 0.3) is 0 Å². The molecule has 39 heteroatoms. The number of carboxylic acid groups (broad SMARTS) is 1. The van der Waals surface area contributed by atoms with Crippen molar-refractivity contribution in [2.45, 2.75) is 259 Å². The highest BCUT2D eigenvalue weighted by molar-refractivity contribution is 6.00. The van der Waals surface area contributed by atoms with Crippen LogP contribution in [0.15, 0.2) is 12.5 Å². The Kier molecular flexibility index (Phi) is 44.8. The molecular formula is C70H124N20O19. The zero-order valence-corrected chi connectivity index (χ0v) is 65.6. The van der Waals surface area contributed by atoms with Gasteiger partial charge in [-0.2, -0.15) is 0 Å². The second-order valence-corrected chi connectivity index (χ2v) is 29.3. The number of unbranched alkanes of at least 4 members (excludes halogenated alkanes) is 2. The van der Waals surface area contributed by atoms with Gasteiger partial charge in [-0.25, -0.2) is 14.6 Å². The molecule has 109 heavy (non-hydrogen) atoms. The Morgan fingerprint density at radius 3 is 1.30 bits per heavy atom. The second kappa shape index (κ2) is 50.2. The number of amides is 16. The number of imidazole rings is 1. The molecule has 0 unspecified atom stereocenters. The van der Waals surface area contributed by atoms with Crippen molar-refractivity contribution in [3.63, 3.8) is 0 Å². The molecule has 16 amide bonds. The summed E-state index contributed by atoms with van der Waals surface area (Å²) in [7, 11) is 0. The molecule has 0 bridgehead atoms. The van der Waals surface area contributed by atoms with Crippen LogP contribution in [0.1, 0.15) is 174 Å². The normalized spacial score (nSPS) is 15.5. The number of urea groups is 1. The van der Waals surface area contributed by atoms with Gasteiger partial charge in [-0.3, -0.25) is 67.1 Å². The van der Waals surface area contributed by atoms with Gasteiger partial charge in [-0.1, -0.05) is 89.5 Å². The van der Waals surface area contributed by atoms with E-state index in [9.17, 15) is 92.0 Å². The average Bonchev–Trinajstić information content (AvgIpc) is 1.13. The van der Waals surface area contributed by atoms with Crippen LogP contribution in [0, 0.1) is 35.5 Å². The summed E-state index contributed by atoms with van der Waals surface area (Å²) in [4.78, 5) is 220. The first-order valence-corrected chi connectivity index (χ1v) is 37.1. The summed E-state index contributed by atoms with van der Waals surface area (Å²) in [5.74, 6) is -15.8. The number of aliphatic carboxylic acids is 1. The Morgan fingerprint density at radius 2 is 0.835 bits per heavy atom. The Bertz CT molecular complexity index is 3150. The van der Waals surface area contributed by atoms with Crippen molar-refractivity contribution in [3.05, 3.63) is 18.2 Å². The lowest BCUT2D eigenvalue weighted by Gasteiger charge is -2.30. The lowest BCUT2D eigenvalue weighted by Crippen LogP contribution is -2.63. The number of primary amides is 1. The number of hydrogen-bond donors (Lipinski definition) is 22. The molecule has 0 saturated heterocycles. The van der Waals surface area contributed by atoms with Gasteiger partial charge >= 0.3 is 12.0 Å². The fraction of sp³-hybridized carbons (Fsp3) is 0.729. The van der Waals surface area contributed by atoms with Gasteiger partial charge in [0, 0.05) is 24.9 Å². The number of nitrogens with one attached hydrogen (secondary N) is 16. The standard InChI is InChI=1S/C70H124N20O19/c1-16-39(12)55(66(104)85-47(26-35(4)5)62(100)81-45(69(107)108)22-17-19-23-71)86-51(94)31-76-50(93)30-77-60(98)46(25-34(2)3)82-58(96)40(13)80-67(105)57(42(15)92)90-63(101)48(27-36(6)7)84-64(102)53(37(8)9)88-65(103)54(38(10)11)89-68(106)56(41(14)91)87-52(95)32-78-61(99)49(28-43-29-74-33-79-43)83-59(97)44(72)21-18-20-24-75-70(73)109/h29,33-42,44-49,53-57,91-92H,16-28,30-32,71-72H2,1-15H3,(H,74,79)(H,76,93)(H,77,98)(H,78,99)(H,80,105)(H,81,100)(H,82,96)(H,83,97)(H,84,102)(H,85,104)(H,86,94)(H,87,95)(H,88,103)(H,89,106)(H,90,101)(H,107,108)(H3,73,75,109)/t39-,40-,41+,42+,44-,45-,46-,47-,48-,49-,53-,54-,55-,56-,57-/m0/s1. The van der Waals surface area contributed by atoms with Crippen molar-refractivity contribution in [3.8, 4) is 0 Å². The minimum absolute atomic E-state index is 0.0303. The van der Waals surface area contributed by atoms with Gasteiger partial charge in [0.05, 0.1) is 44.2 Å². The summed E-state index contributed by atoms with van der Waals surface area (Å²) >= 11 is 0. The van der Waals surface area contributed by atoms with Crippen LogP contribution in [0.25, 0.3) is 0 Å². The van der Waals surface area contributed by atoms with E-state index < -0.39 is 217 Å². The van der Waals surface area contributed by atoms with Gasteiger partial charge in [-0.15, -0.1) is 0 Å². The van der Waals surface area contributed by atoms with Crippen LogP contribution in [0.2, 0.25) is 0 Å². The molecule has 0 aliphatic heterocycles. The van der Waals surface area contributed by atoms with Crippen molar-refractivity contribution < 1.29 is 92.0 Å². The maximum atomic E-state index is 14.2. The predicted octanol–water partition coefficient (Wildman–Crippen LogP) is -4.71. The molecule has 0 aliphatic carbocycles. The molecule has 0 saturated carbocycles. The third-order valence-electron chi connectivity index (χ3n) is 17.3. The maximum absolute atomic E-state index is 14.2. The lowest BCUT2D eigenvalue weighted by atomic mass is 9.96. The highest BCUT2D eigenvalue weighted by atomic mass is 16.4. The molecule has 1 rings (SSSR count). The van der Waals surface area contributed by atoms with E-state index >= 15 is 0 Å². The number of aliphatic hydroxyl groups is 2. The minimum Gasteiger partial charge on any atom is -0.480 e. The second-order valence-electron chi connectivity index (χ2n) is 29.3. The number of rotatable bonds is 52. The number of aromatic nitrogens is 2. The smallest absolute Gasteiger partial charge is 0.326 e. The Labute approximate surface area is 637 Å². The molecule has 39 nitrogen and oxygen atoms in total. The summed E-state index contributed by atoms with van der Waals surface area (Å²) in [5.41, 5.74) is 17.1. The molecule has 25 N–H and O–H groups in total. The van der Waals surface area contributed by atoms with Gasteiger partial charge < -0.3 is 117 Å². The molecule has 1 aromatic heterocycles. The Balaban J connectivity index is 3.13. The van der Waals surface area contributed by atoms with E-state index in [1.54, 1.807) is 83.1 Å². The predicted molar refractivity (Wildman–Crippen MR) is 399 cm³/mol. The van der Waals surface area contributed by atoms with Crippen LogP contribution < -0.4 is 97.0 Å². The van der Waals surface area contributed by atoms with Crippen molar-refractivity contribution in [2.24, 2.45) is 52.7 Å². The molecule has 0 aliphatic rings. The SMILES string of the molecule is CC[C@H](C)[C@H](NC(=O)CNC(=O)CNC(=O)[C@H](CC(C)C)NC(=O)[C@H](C)NC(=O)[C@@H](NC(=O)[C@H](CC(C)C)NC(=O)[C@@H](NC(=O)[C@@H](NC(=O)[C@@H](NC(=O)CNC(=O)[C@H](Cc1cnc[nH]1)NC(=O)[C@@H](N)CCCCNC(N)=O)[C@@H](C)O)C(C)C)C(C)C)[C@@H](C)O)C(=O)N[C@@H](CC(C)C)C(=O)N[C@@H](CCCCN)C(=O)O. The number of carboxylic acids is 1.